The second kappa shape index (κ2) is 4.80. The number of hydrogen-bond donors (Lipinski definition) is 2. The molecule has 2 N–H and O–H groups in total. The average molecular weight is 265 g/mol. The van der Waals surface area contributed by atoms with E-state index in [0.717, 1.165) is 17.8 Å². The van der Waals surface area contributed by atoms with Gasteiger partial charge in [-0.3, -0.25) is 9.59 Å². The van der Waals surface area contributed by atoms with E-state index < -0.39 is 5.97 Å². The summed E-state index contributed by atoms with van der Waals surface area (Å²) in [5, 5.41) is 11.4. The molecule has 4 aliphatic rings. The van der Waals surface area contributed by atoms with E-state index in [0.29, 0.717) is 24.8 Å². The highest BCUT2D eigenvalue weighted by atomic mass is 16.4. The second-order valence-corrected chi connectivity index (χ2v) is 6.99. The Morgan fingerprint density at radius 1 is 1.16 bits per heavy atom. The Labute approximate surface area is 113 Å². The highest BCUT2D eigenvalue weighted by Crippen LogP contribution is 2.65. The highest BCUT2D eigenvalue weighted by Gasteiger charge is 2.56. The Kier molecular flexibility index (Phi) is 3.27. The molecule has 4 saturated carbocycles. The van der Waals surface area contributed by atoms with Crippen molar-refractivity contribution in [3.63, 3.8) is 0 Å². The van der Waals surface area contributed by atoms with E-state index in [1.54, 1.807) is 0 Å². The van der Waals surface area contributed by atoms with Gasteiger partial charge in [-0.15, -0.1) is 0 Å². The van der Waals surface area contributed by atoms with Crippen molar-refractivity contribution in [1.82, 2.24) is 5.32 Å². The minimum Gasteiger partial charge on any atom is -0.481 e. The first-order chi connectivity index (χ1) is 9.06. The molecule has 2 atom stereocenters. The maximum absolute atomic E-state index is 12.0. The predicted molar refractivity (Wildman–Crippen MR) is 70.5 cm³/mol. The Hall–Kier alpha value is -1.06. The van der Waals surface area contributed by atoms with Crippen LogP contribution in [0.15, 0.2) is 0 Å². The van der Waals surface area contributed by atoms with Crippen molar-refractivity contribution in [1.29, 1.82) is 0 Å². The maximum atomic E-state index is 12.0. The summed E-state index contributed by atoms with van der Waals surface area (Å²) in [6.45, 7) is 0.498. The molecule has 2 unspecified atom stereocenters. The average Bonchev–Trinajstić information content (AvgIpc) is 2.72. The third-order valence-electron chi connectivity index (χ3n) is 5.48. The molecular weight excluding hydrogens is 242 g/mol. The summed E-state index contributed by atoms with van der Waals surface area (Å²) in [7, 11) is 0. The van der Waals surface area contributed by atoms with Crippen LogP contribution in [0.5, 0.6) is 0 Å². The predicted octanol–water partition coefficient (Wildman–Crippen LogP) is 2.18. The van der Waals surface area contributed by atoms with Gasteiger partial charge in [0.2, 0.25) is 5.91 Å². The van der Waals surface area contributed by atoms with Gasteiger partial charge in [0.1, 0.15) is 0 Å². The summed E-state index contributed by atoms with van der Waals surface area (Å²) in [5.41, 5.74) is 0.299. The van der Waals surface area contributed by atoms with Crippen molar-refractivity contribution in [3.8, 4) is 0 Å². The van der Waals surface area contributed by atoms with Gasteiger partial charge >= 0.3 is 5.97 Å². The standard InChI is InChI=1S/C15H23NO3/c17-13(16-3-1-2-14(18)19)9-15-6-10-4-11(7-15)12(5-10)8-15/h10-12H,1-9H2,(H,16,17)(H,18,19). The molecule has 0 aromatic rings. The van der Waals surface area contributed by atoms with Gasteiger partial charge in [0.15, 0.2) is 0 Å². The van der Waals surface area contributed by atoms with Gasteiger partial charge in [0, 0.05) is 19.4 Å². The topological polar surface area (TPSA) is 66.4 Å². The van der Waals surface area contributed by atoms with Crippen LogP contribution in [-0.4, -0.2) is 23.5 Å². The number of carbonyl (C=O) groups is 2. The van der Waals surface area contributed by atoms with Gasteiger partial charge < -0.3 is 10.4 Å². The van der Waals surface area contributed by atoms with E-state index in [2.05, 4.69) is 5.32 Å². The van der Waals surface area contributed by atoms with Crippen LogP contribution < -0.4 is 5.32 Å². The zero-order valence-electron chi connectivity index (χ0n) is 11.4. The van der Waals surface area contributed by atoms with Crippen LogP contribution in [0.3, 0.4) is 0 Å². The molecule has 0 radical (unpaired) electrons. The van der Waals surface area contributed by atoms with Crippen LogP contribution in [0, 0.1) is 23.2 Å². The monoisotopic (exact) mass is 265 g/mol. The fourth-order valence-electron chi connectivity index (χ4n) is 5.07. The normalized spacial score (nSPS) is 38.6. The maximum Gasteiger partial charge on any atom is 0.303 e. The number of hydrogen-bond acceptors (Lipinski definition) is 2. The van der Waals surface area contributed by atoms with Gasteiger partial charge in [-0.2, -0.15) is 0 Å². The second-order valence-electron chi connectivity index (χ2n) is 6.99. The summed E-state index contributed by atoms with van der Waals surface area (Å²) < 4.78 is 0. The minimum absolute atomic E-state index is 0.132. The lowest BCUT2D eigenvalue weighted by Gasteiger charge is -2.37. The number of carboxylic acids is 1. The molecule has 19 heavy (non-hydrogen) atoms. The van der Waals surface area contributed by atoms with Gasteiger partial charge in [-0.1, -0.05) is 0 Å². The molecule has 4 aliphatic carbocycles. The molecule has 0 aliphatic heterocycles. The van der Waals surface area contributed by atoms with E-state index in [1.807, 2.05) is 0 Å². The van der Waals surface area contributed by atoms with Gasteiger partial charge in [0.05, 0.1) is 0 Å². The van der Waals surface area contributed by atoms with Gasteiger partial charge in [0.25, 0.3) is 0 Å². The fraction of sp³-hybridized carbons (Fsp3) is 0.867. The zero-order valence-corrected chi connectivity index (χ0v) is 11.4. The molecule has 0 aromatic heterocycles. The molecule has 1 amide bonds. The van der Waals surface area contributed by atoms with Crippen molar-refractivity contribution in [2.75, 3.05) is 6.54 Å². The largest absolute Gasteiger partial charge is 0.481 e. The Morgan fingerprint density at radius 3 is 2.42 bits per heavy atom. The summed E-state index contributed by atoms with van der Waals surface area (Å²) in [6.07, 6.45) is 7.93. The van der Waals surface area contributed by atoms with E-state index in [4.69, 9.17) is 5.11 Å². The van der Waals surface area contributed by atoms with Crippen molar-refractivity contribution >= 4 is 11.9 Å². The van der Waals surface area contributed by atoms with Crippen molar-refractivity contribution in [2.24, 2.45) is 23.2 Å². The van der Waals surface area contributed by atoms with Crippen LogP contribution in [0.1, 0.15) is 51.4 Å². The highest BCUT2D eigenvalue weighted by molar-refractivity contribution is 5.76. The molecule has 0 spiro atoms. The molecule has 0 heterocycles. The summed E-state index contributed by atoms with van der Waals surface area (Å²) in [4.78, 5) is 22.4. The third kappa shape index (κ3) is 2.63. The molecule has 4 heteroatoms. The zero-order chi connectivity index (χ0) is 13.5. The molecule has 4 nitrogen and oxygen atoms in total. The van der Waals surface area contributed by atoms with Crippen LogP contribution >= 0.6 is 0 Å². The van der Waals surface area contributed by atoms with Crippen LogP contribution in [-0.2, 0) is 9.59 Å². The first kappa shape index (κ1) is 12.9. The number of aliphatic carboxylic acids is 1. The Morgan fingerprint density at radius 2 is 1.84 bits per heavy atom. The lowest BCUT2D eigenvalue weighted by molar-refractivity contribution is -0.137. The van der Waals surface area contributed by atoms with Crippen molar-refractivity contribution in [3.05, 3.63) is 0 Å². The summed E-state index contributed by atoms with van der Waals surface area (Å²) >= 11 is 0. The van der Waals surface area contributed by atoms with E-state index in [9.17, 15) is 9.59 Å². The molecule has 4 rings (SSSR count). The first-order valence-corrected chi connectivity index (χ1v) is 7.55. The Bertz CT molecular complexity index is 373. The first-order valence-electron chi connectivity index (χ1n) is 7.55. The number of nitrogens with one attached hydrogen (secondary N) is 1. The number of carbonyl (C=O) groups excluding carboxylic acids is 1. The minimum atomic E-state index is -0.793. The van der Waals surface area contributed by atoms with Crippen LogP contribution in [0.25, 0.3) is 0 Å². The molecule has 4 bridgehead atoms. The number of rotatable bonds is 6. The van der Waals surface area contributed by atoms with E-state index >= 15 is 0 Å². The SMILES string of the molecule is O=C(O)CCCNC(=O)CC12CC3CC(C1)C(C3)C2. The van der Waals surface area contributed by atoms with Crippen LogP contribution in [0.2, 0.25) is 0 Å². The van der Waals surface area contributed by atoms with E-state index in [-0.39, 0.29) is 12.3 Å². The smallest absolute Gasteiger partial charge is 0.303 e. The molecule has 4 fully saturated rings. The number of carboxylic acid groups (broad SMARTS) is 1. The van der Waals surface area contributed by atoms with Gasteiger partial charge in [-0.05, 0) is 61.7 Å². The third-order valence-corrected chi connectivity index (χ3v) is 5.48. The quantitative estimate of drug-likeness (QED) is 0.723. The number of amides is 1. The molecule has 0 saturated heterocycles. The molecule has 106 valence electrons. The lowest BCUT2D eigenvalue weighted by Crippen LogP contribution is -2.35. The molecule has 0 aromatic carbocycles. The summed E-state index contributed by atoms with van der Waals surface area (Å²) in [5.74, 6) is 2.03. The van der Waals surface area contributed by atoms with E-state index in [1.165, 1.54) is 32.1 Å². The van der Waals surface area contributed by atoms with Crippen molar-refractivity contribution in [2.45, 2.75) is 51.4 Å². The fourth-order valence-corrected chi connectivity index (χ4v) is 5.07. The van der Waals surface area contributed by atoms with Crippen LogP contribution in [0.4, 0.5) is 0 Å². The lowest BCUT2D eigenvalue weighted by atomic mass is 9.67. The summed E-state index contributed by atoms with van der Waals surface area (Å²) in [6, 6.07) is 0. The van der Waals surface area contributed by atoms with Crippen molar-refractivity contribution < 1.29 is 14.7 Å². The Balaban J connectivity index is 1.44. The molecular formula is C15H23NO3. The van der Waals surface area contributed by atoms with Gasteiger partial charge in [-0.25, -0.2) is 0 Å².